The van der Waals surface area contributed by atoms with Gasteiger partial charge in [0.15, 0.2) is 0 Å². The molecule has 2 rings (SSSR count). The van der Waals surface area contributed by atoms with Crippen LogP contribution in [0.5, 0.6) is 0 Å². The smallest absolute Gasteiger partial charge is 0.240 e. The molecular weight excluding hydrogens is 183 g/mol. The lowest BCUT2D eigenvalue weighted by molar-refractivity contribution is -0.121. The lowest BCUT2D eigenvalue weighted by Gasteiger charge is -2.12. The summed E-state index contributed by atoms with van der Waals surface area (Å²) >= 11 is 0. The van der Waals surface area contributed by atoms with Gasteiger partial charge in [-0.1, -0.05) is 18.2 Å². The van der Waals surface area contributed by atoms with Crippen LogP contribution in [-0.4, -0.2) is 11.6 Å². The van der Waals surface area contributed by atoms with Crippen molar-refractivity contribution in [3.05, 3.63) is 35.6 Å². The van der Waals surface area contributed by atoms with E-state index in [-0.39, 0.29) is 11.7 Å². The molecule has 1 amide bonds. The largest absolute Gasteiger partial charge is 0.273 e. The van der Waals surface area contributed by atoms with Crippen LogP contribution in [0.4, 0.5) is 4.39 Å². The second-order valence-corrected chi connectivity index (χ2v) is 3.07. The fraction of sp³-hybridized carbons (Fsp3) is 0.200. The van der Waals surface area contributed by atoms with Crippen molar-refractivity contribution in [3.63, 3.8) is 0 Å². The number of nitrogens with zero attached hydrogens (tertiary/aromatic N) is 1. The fourth-order valence-electron chi connectivity index (χ4n) is 1.36. The van der Waals surface area contributed by atoms with E-state index in [2.05, 4.69) is 10.5 Å². The van der Waals surface area contributed by atoms with E-state index < -0.39 is 0 Å². The van der Waals surface area contributed by atoms with Crippen LogP contribution in [0.15, 0.2) is 29.4 Å². The molecule has 1 N–H and O–H groups in total. The monoisotopic (exact) mass is 192 g/mol. The predicted molar refractivity (Wildman–Crippen MR) is 50.3 cm³/mol. The number of hydrogen-bond donors (Lipinski definition) is 1. The minimum atomic E-state index is -0.303. The fourth-order valence-corrected chi connectivity index (χ4v) is 1.36. The summed E-state index contributed by atoms with van der Waals surface area (Å²) in [5.41, 5.74) is 3.41. The average Bonchev–Trinajstić information content (AvgIpc) is 2.20. The molecule has 1 aliphatic rings. The zero-order chi connectivity index (χ0) is 9.97. The standard InChI is InChI=1S/C10H9FN2O/c11-8-4-2-1-3-7(8)9-5-6-10(14)13-12-9/h1-4H,5-6H2,(H,13,14). The third-order valence-electron chi connectivity index (χ3n) is 2.09. The SMILES string of the molecule is O=C1CCC(c2ccccc2F)=NN1. The highest BCUT2D eigenvalue weighted by atomic mass is 19.1. The molecule has 0 saturated carbocycles. The summed E-state index contributed by atoms with van der Waals surface area (Å²) < 4.78 is 13.3. The lowest BCUT2D eigenvalue weighted by atomic mass is 10.0. The molecular formula is C10H9FN2O. The molecule has 0 atom stereocenters. The minimum Gasteiger partial charge on any atom is -0.273 e. The summed E-state index contributed by atoms with van der Waals surface area (Å²) in [7, 11) is 0. The molecule has 14 heavy (non-hydrogen) atoms. The molecule has 0 saturated heterocycles. The molecule has 0 aromatic heterocycles. The minimum absolute atomic E-state index is 0.120. The molecule has 1 aromatic rings. The zero-order valence-electron chi connectivity index (χ0n) is 7.46. The Hall–Kier alpha value is -1.71. The number of rotatable bonds is 1. The van der Waals surface area contributed by atoms with E-state index in [1.54, 1.807) is 18.2 Å². The van der Waals surface area contributed by atoms with Crippen LogP contribution in [0.2, 0.25) is 0 Å². The normalized spacial score (nSPS) is 16.1. The van der Waals surface area contributed by atoms with Crippen molar-refractivity contribution in [3.8, 4) is 0 Å². The topological polar surface area (TPSA) is 41.5 Å². The van der Waals surface area contributed by atoms with Gasteiger partial charge in [0, 0.05) is 18.4 Å². The Morgan fingerprint density at radius 2 is 2.07 bits per heavy atom. The summed E-state index contributed by atoms with van der Waals surface area (Å²) in [6, 6.07) is 6.41. The van der Waals surface area contributed by atoms with Crippen LogP contribution in [0.3, 0.4) is 0 Å². The van der Waals surface area contributed by atoms with Crippen LogP contribution < -0.4 is 5.43 Å². The molecule has 72 valence electrons. The van der Waals surface area contributed by atoms with Gasteiger partial charge >= 0.3 is 0 Å². The lowest BCUT2D eigenvalue weighted by Crippen LogP contribution is -2.26. The molecule has 1 heterocycles. The Morgan fingerprint density at radius 1 is 1.29 bits per heavy atom. The van der Waals surface area contributed by atoms with Crippen LogP contribution in [0.25, 0.3) is 0 Å². The number of nitrogens with one attached hydrogen (secondary N) is 1. The van der Waals surface area contributed by atoms with Gasteiger partial charge in [0.25, 0.3) is 0 Å². The van der Waals surface area contributed by atoms with E-state index in [9.17, 15) is 9.18 Å². The van der Waals surface area contributed by atoms with Crippen LogP contribution >= 0.6 is 0 Å². The summed E-state index contributed by atoms with van der Waals surface area (Å²) in [6.07, 6.45) is 0.861. The van der Waals surface area contributed by atoms with Crippen LogP contribution in [0.1, 0.15) is 18.4 Å². The molecule has 0 bridgehead atoms. The van der Waals surface area contributed by atoms with E-state index in [1.165, 1.54) is 6.07 Å². The molecule has 0 radical (unpaired) electrons. The third kappa shape index (κ3) is 1.64. The summed E-state index contributed by atoms with van der Waals surface area (Å²) in [5, 5.41) is 3.82. The first-order valence-electron chi connectivity index (χ1n) is 4.37. The Bertz CT molecular complexity index is 401. The second-order valence-electron chi connectivity index (χ2n) is 3.07. The number of carbonyl (C=O) groups is 1. The van der Waals surface area contributed by atoms with Gasteiger partial charge in [-0.2, -0.15) is 5.10 Å². The number of carbonyl (C=O) groups excluding carboxylic acids is 1. The first-order chi connectivity index (χ1) is 6.77. The number of benzene rings is 1. The number of halogens is 1. The first kappa shape index (κ1) is 8.87. The molecule has 0 aliphatic carbocycles. The highest BCUT2D eigenvalue weighted by Crippen LogP contribution is 2.13. The van der Waals surface area contributed by atoms with E-state index >= 15 is 0 Å². The third-order valence-corrected chi connectivity index (χ3v) is 2.09. The Balaban J connectivity index is 2.32. The number of amides is 1. The average molecular weight is 192 g/mol. The maximum atomic E-state index is 13.3. The molecule has 0 spiro atoms. The van der Waals surface area contributed by atoms with E-state index in [0.29, 0.717) is 24.1 Å². The first-order valence-corrected chi connectivity index (χ1v) is 4.37. The maximum absolute atomic E-state index is 13.3. The summed E-state index contributed by atoms with van der Waals surface area (Å²) in [5.74, 6) is -0.424. The van der Waals surface area contributed by atoms with Crippen molar-refractivity contribution in [2.75, 3.05) is 0 Å². The Morgan fingerprint density at radius 3 is 2.71 bits per heavy atom. The zero-order valence-corrected chi connectivity index (χ0v) is 7.46. The van der Waals surface area contributed by atoms with Crippen molar-refractivity contribution in [1.82, 2.24) is 5.43 Å². The Labute approximate surface area is 80.6 Å². The summed E-state index contributed by atoms with van der Waals surface area (Å²) in [6.45, 7) is 0. The molecule has 3 nitrogen and oxygen atoms in total. The van der Waals surface area contributed by atoms with Gasteiger partial charge in [-0.25, -0.2) is 9.82 Å². The van der Waals surface area contributed by atoms with Crippen molar-refractivity contribution < 1.29 is 9.18 Å². The Kier molecular flexibility index (Phi) is 2.26. The van der Waals surface area contributed by atoms with Gasteiger partial charge in [0.2, 0.25) is 5.91 Å². The van der Waals surface area contributed by atoms with Gasteiger partial charge in [0.05, 0.1) is 5.71 Å². The molecule has 0 unspecified atom stereocenters. The summed E-state index contributed by atoms with van der Waals surface area (Å²) in [4.78, 5) is 10.8. The van der Waals surface area contributed by atoms with Crippen LogP contribution in [0, 0.1) is 5.82 Å². The van der Waals surface area contributed by atoms with Gasteiger partial charge in [-0.3, -0.25) is 4.79 Å². The second kappa shape index (κ2) is 3.57. The highest BCUT2D eigenvalue weighted by molar-refractivity contribution is 6.04. The van der Waals surface area contributed by atoms with E-state index in [4.69, 9.17) is 0 Å². The molecule has 1 aliphatic heterocycles. The van der Waals surface area contributed by atoms with E-state index in [0.717, 1.165) is 0 Å². The van der Waals surface area contributed by atoms with Crippen LogP contribution in [-0.2, 0) is 4.79 Å². The van der Waals surface area contributed by atoms with Crippen molar-refractivity contribution in [2.24, 2.45) is 5.10 Å². The van der Waals surface area contributed by atoms with Gasteiger partial charge in [-0.15, -0.1) is 0 Å². The molecule has 1 aromatic carbocycles. The van der Waals surface area contributed by atoms with Gasteiger partial charge in [-0.05, 0) is 6.07 Å². The maximum Gasteiger partial charge on any atom is 0.240 e. The van der Waals surface area contributed by atoms with Gasteiger partial charge < -0.3 is 0 Å². The quantitative estimate of drug-likeness (QED) is 0.718. The predicted octanol–water partition coefficient (Wildman–Crippen LogP) is 1.44. The van der Waals surface area contributed by atoms with Crippen molar-refractivity contribution in [1.29, 1.82) is 0 Å². The van der Waals surface area contributed by atoms with Crippen molar-refractivity contribution in [2.45, 2.75) is 12.8 Å². The van der Waals surface area contributed by atoms with Gasteiger partial charge in [0.1, 0.15) is 5.82 Å². The highest BCUT2D eigenvalue weighted by Gasteiger charge is 2.15. The molecule has 4 heteroatoms. The number of hydrogen-bond acceptors (Lipinski definition) is 2. The van der Waals surface area contributed by atoms with Crippen molar-refractivity contribution >= 4 is 11.6 Å². The van der Waals surface area contributed by atoms with E-state index in [1.807, 2.05) is 0 Å². The number of hydrazone groups is 1. The molecule has 0 fully saturated rings.